The Balaban J connectivity index is 2.07. The summed E-state index contributed by atoms with van der Waals surface area (Å²) in [5.41, 5.74) is -1.07. The Labute approximate surface area is 155 Å². The summed E-state index contributed by atoms with van der Waals surface area (Å²) in [6, 6.07) is 6.76. The summed E-state index contributed by atoms with van der Waals surface area (Å²) in [7, 11) is -3.17. The molecule has 2 aromatic rings. The molecule has 0 amide bonds. The maximum Gasteiger partial charge on any atom is 0.343 e. The number of alkyl halides is 1. The minimum atomic E-state index is -4.28. The zero-order valence-corrected chi connectivity index (χ0v) is 15.6. The zero-order valence-electron chi connectivity index (χ0n) is 14.8. The fraction of sp³-hybridized carbons (Fsp3) is 0.333. The molecule has 144 valence electrons. The predicted molar refractivity (Wildman–Crippen MR) is 94.2 cm³/mol. The van der Waals surface area contributed by atoms with Crippen molar-refractivity contribution in [3.05, 3.63) is 58.0 Å². The molecule has 1 aliphatic rings. The van der Waals surface area contributed by atoms with Crippen LogP contribution in [0.2, 0.25) is 0 Å². The molecular formula is C18H18FNO6S. The third kappa shape index (κ3) is 3.59. The molecule has 0 unspecified atom stereocenters. The number of rotatable bonds is 6. The predicted octanol–water partition coefficient (Wildman–Crippen LogP) is 2.17. The Morgan fingerprint density at radius 1 is 1.26 bits per heavy atom. The van der Waals surface area contributed by atoms with Gasteiger partial charge in [-0.2, -0.15) is 8.42 Å². The number of aryl methyl sites for hydroxylation is 1. The number of hydrogen-bond donors (Lipinski definition) is 0. The van der Waals surface area contributed by atoms with E-state index in [1.807, 2.05) is 0 Å². The smallest absolute Gasteiger partial charge is 0.343 e. The summed E-state index contributed by atoms with van der Waals surface area (Å²) in [6.45, 7) is 1.03. The summed E-state index contributed by atoms with van der Waals surface area (Å²) in [5, 5.41) is 0. The van der Waals surface area contributed by atoms with Crippen LogP contribution in [0.3, 0.4) is 0 Å². The highest BCUT2D eigenvalue weighted by molar-refractivity contribution is 7.87. The second-order valence-electron chi connectivity index (χ2n) is 6.46. The van der Waals surface area contributed by atoms with E-state index in [2.05, 4.69) is 4.74 Å². The van der Waals surface area contributed by atoms with Crippen molar-refractivity contribution in [2.45, 2.75) is 30.2 Å². The first-order valence-corrected chi connectivity index (χ1v) is 9.56. The maximum absolute atomic E-state index is 13.3. The van der Waals surface area contributed by atoms with Crippen molar-refractivity contribution < 1.29 is 26.5 Å². The lowest BCUT2D eigenvalue weighted by Gasteiger charge is -2.17. The van der Waals surface area contributed by atoms with Crippen molar-refractivity contribution in [3.63, 3.8) is 0 Å². The topological polar surface area (TPSA) is 91.7 Å². The monoisotopic (exact) mass is 395 g/mol. The van der Waals surface area contributed by atoms with Crippen LogP contribution >= 0.6 is 0 Å². The van der Waals surface area contributed by atoms with Gasteiger partial charge in [-0.1, -0.05) is 17.7 Å². The van der Waals surface area contributed by atoms with Gasteiger partial charge in [0.25, 0.3) is 5.56 Å². The molecule has 0 N–H and O–H groups in total. The van der Waals surface area contributed by atoms with Gasteiger partial charge in [-0.15, -0.1) is 0 Å². The van der Waals surface area contributed by atoms with Crippen molar-refractivity contribution in [2.24, 2.45) is 0 Å². The number of methoxy groups -OCH3 is 1. The van der Waals surface area contributed by atoms with Gasteiger partial charge in [0.15, 0.2) is 5.75 Å². The molecular weight excluding hydrogens is 377 g/mol. The Kier molecular flexibility index (Phi) is 4.81. The zero-order chi connectivity index (χ0) is 19.8. The second kappa shape index (κ2) is 6.80. The summed E-state index contributed by atoms with van der Waals surface area (Å²) in [5.74, 6) is -1.36. The Morgan fingerprint density at radius 3 is 2.41 bits per heavy atom. The molecule has 0 radical (unpaired) electrons. The van der Waals surface area contributed by atoms with Gasteiger partial charge in [-0.3, -0.25) is 4.79 Å². The number of nitrogens with zero attached hydrogens (tertiary/aromatic N) is 1. The molecule has 1 saturated carbocycles. The second-order valence-corrected chi connectivity index (χ2v) is 8.01. The summed E-state index contributed by atoms with van der Waals surface area (Å²) < 4.78 is 49.1. The highest BCUT2D eigenvalue weighted by Crippen LogP contribution is 2.43. The molecule has 9 heteroatoms. The third-order valence-electron chi connectivity index (χ3n) is 4.52. The standard InChI is InChI=1S/C18H18FNO6S/c1-12-3-5-13(6-4-12)27(23,24)26-15-9-16(21)20(18(11-19)7-8-18)10-14(15)17(22)25-2/h3-6,9-10H,7-8,11H2,1-2H3. The van der Waals surface area contributed by atoms with E-state index in [-0.39, 0.29) is 10.5 Å². The fourth-order valence-corrected chi connectivity index (χ4v) is 3.61. The minimum Gasteiger partial charge on any atom is -0.465 e. The normalized spacial score (nSPS) is 15.2. The third-order valence-corrected chi connectivity index (χ3v) is 5.77. The van der Waals surface area contributed by atoms with Crippen molar-refractivity contribution in [3.8, 4) is 5.75 Å². The molecule has 1 aromatic carbocycles. The number of esters is 1. The SMILES string of the molecule is COC(=O)c1cn(C2(CF)CC2)c(=O)cc1OS(=O)(=O)c1ccc(C)cc1. The first-order chi connectivity index (χ1) is 12.7. The number of benzene rings is 1. The molecule has 1 aromatic heterocycles. The number of halogens is 1. The Hall–Kier alpha value is -2.68. The average Bonchev–Trinajstić information content (AvgIpc) is 3.42. The van der Waals surface area contributed by atoms with Crippen LogP contribution in [0, 0.1) is 6.92 Å². The number of aromatic nitrogens is 1. The number of pyridine rings is 1. The van der Waals surface area contributed by atoms with E-state index in [4.69, 9.17) is 4.18 Å². The fourth-order valence-electron chi connectivity index (χ4n) is 2.67. The molecule has 0 aliphatic heterocycles. The van der Waals surface area contributed by atoms with Gasteiger partial charge < -0.3 is 13.5 Å². The van der Waals surface area contributed by atoms with Crippen LogP contribution in [0.5, 0.6) is 5.75 Å². The van der Waals surface area contributed by atoms with Gasteiger partial charge >= 0.3 is 16.1 Å². The average molecular weight is 395 g/mol. The van der Waals surface area contributed by atoms with Crippen molar-refractivity contribution in [1.29, 1.82) is 0 Å². The number of ether oxygens (including phenoxy) is 1. The molecule has 27 heavy (non-hydrogen) atoms. The number of hydrogen-bond acceptors (Lipinski definition) is 6. The molecule has 7 nitrogen and oxygen atoms in total. The maximum atomic E-state index is 13.3. The molecule has 1 heterocycles. The van der Waals surface area contributed by atoms with Crippen LogP contribution < -0.4 is 9.74 Å². The van der Waals surface area contributed by atoms with E-state index < -0.39 is 39.6 Å². The summed E-state index contributed by atoms with van der Waals surface area (Å²) in [4.78, 5) is 24.4. The highest BCUT2D eigenvalue weighted by atomic mass is 32.2. The van der Waals surface area contributed by atoms with Crippen molar-refractivity contribution in [1.82, 2.24) is 4.57 Å². The van der Waals surface area contributed by atoms with E-state index in [9.17, 15) is 22.4 Å². The van der Waals surface area contributed by atoms with Crippen molar-refractivity contribution >= 4 is 16.1 Å². The van der Waals surface area contributed by atoms with Gasteiger partial charge in [0.05, 0.1) is 12.6 Å². The number of carbonyl (C=O) groups excluding carboxylic acids is 1. The largest absolute Gasteiger partial charge is 0.465 e. The lowest BCUT2D eigenvalue weighted by atomic mass is 10.2. The van der Waals surface area contributed by atoms with Crippen LogP contribution in [0.15, 0.2) is 46.2 Å². The van der Waals surface area contributed by atoms with Gasteiger partial charge in [-0.25, -0.2) is 9.18 Å². The molecule has 0 saturated heterocycles. The highest BCUT2D eigenvalue weighted by Gasteiger charge is 2.46. The molecule has 0 spiro atoms. The Bertz CT molecular complexity index is 1040. The quantitative estimate of drug-likeness (QED) is 0.550. The van der Waals surface area contributed by atoms with E-state index in [0.29, 0.717) is 12.8 Å². The number of carbonyl (C=O) groups is 1. The molecule has 1 aliphatic carbocycles. The summed E-state index contributed by atoms with van der Waals surface area (Å²) in [6.07, 6.45) is 2.00. The minimum absolute atomic E-state index is 0.129. The van der Waals surface area contributed by atoms with Crippen LogP contribution in [0.4, 0.5) is 4.39 Å². The summed E-state index contributed by atoms with van der Waals surface area (Å²) >= 11 is 0. The van der Waals surface area contributed by atoms with Crippen LogP contribution in [-0.2, 0) is 20.4 Å². The van der Waals surface area contributed by atoms with E-state index in [1.165, 1.54) is 12.1 Å². The van der Waals surface area contributed by atoms with E-state index in [0.717, 1.165) is 29.5 Å². The van der Waals surface area contributed by atoms with Crippen LogP contribution in [0.1, 0.15) is 28.8 Å². The van der Waals surface area contributed by atoms with Crippen LogP contribution in [0.25, 0.3) is 0 Å². The Morgan fingerprint density at radius 2 is 1.89 bits per heavy atom. The lowest BCUT2D eigenvalue weighted by Crippen LogP contribution is -2.32. The van der Waals surface area contributed by atoms with Gasteiger partial charge in [0, 0.05) is 12.3 Å². The first kappa shape index (κ1) is 19.1. The lowest BCUT2D eigenvalue weighted by molar-refractivity contribution is 0.0597. The first-order valence-electron chi connectivity index (χ1n) is 8.15. The van der Waals surface area contributed by atoms with Crippen LogP contribution in [-0.4, -0.2) is 32.7 Å². The molecule has 1 fully saturated rings. The molecule has 0 atom stereocenters. The van der Waals surface area contributed by atoms with E-state index in [1.54, 1.807) is 19.1 Å². The molecule has 0 bridgehead atoms. The van der Waals surface area contributed by atoms with Gasteiger partial charge in [-0.05, 0) is 31.9 Å². The van der Waals surface area contributed by atoms with Gasteiger partial charge in [0.2, 0.25) is 0 Å². The van der Waals surface area contributed by atoms with E-state index >= 15 is 0 Å². The molecule has 3 rings (SSSR count). The van der Waals surface area contributed by atoms with Crippen molar-refractivity contribution in [2.75, 3.05) is 13.8 Å². The van der Waals surface area contributed by atoms with Gasteiger partial charge in [0.1, 0.15) is 17.1 Å².